The molecule has 1 unspecified atom stereocenters. The van der Waals surface area contributed by atoms with Gasteiger partial charge in [-0.1, -0.05) is 56.4 Å². The van der Waals surface area contributed by atoms with Gasteiger partial charge in [0.15, 0.2) is 11.5 Å². The van der Waals surface area contributed by atoms with Gasteiger partial charge < -0.3 is 19.7 Å². The lowest BCUT2D eigenvalue weighted by molar-refractivity contribution is -0.126. The summed E-state index contributed by atoms with van der Waals surface area (Å²) in [5.41, 5.74) is 2.31. The van der Waals surface area contributed by atoms with Crippen LogP contribution in [0.4, 0.5) is 0 Å². The standard InChI is InChI=1S/C25H28N2O4/c28-24(26-18-8-4-2-1-3-5-9-18)23-19-10-6-7-11-20(19)25(29)27(23)15-17-12-13-21-22(14-17)31-16-30-21/h6-7,10-14,18,23H,1-5,8-9,15-16H2,(H,26,28). The number of rotatable bonds is 4. The number of ether oxygens (including phenoxy) is 2. The summed E-state index contributed by atoms with van der Waals surface area (Å²) in [5.74, 6) is 1.20. The third-order valence-electron chi connectivity index (χ3n) is 6.55. The Balaban J connectivity index is 1.39. The number of benzene rings is 2. The van der Waals surface area contributed by atoms with Gasteiger partial charge in [-0.25, -0.2) is 0 Å². The van der Waals surface area contributed by atoms with E-state index in [4.69, 9.17) is 9.47 Å². The molecule has 0 spiro atoms. The number of carbonyl (C=O) groups excluding carboxylic acids is 2. The molecule has 162 valence electrons. The molecule has 5 rings (SSSR count). The van der Waals surface area contributed by atoms with Crippen molar-refractivity contribution in [2.45, 2.75) is 63.6 Å². The predicted octanol–water partition coefficient (Wildman–Crippen LogP) is 4.34. The second kappa shape index (κ2) is 8.61. The van der Waals surface area contributed by atoms with E-state index < -0.39 is 6.04 Å². The number of hydrogen-bond acceptors (Lipinski definition) is 4. The summed E-state index contributed by atoms with van der Waals surface area (Å²) in [5, 5.41) is 3.27. The van der Waals surface area contributed by atoms with Gasteiger partial charge in [0.05, 0.1) is 0 Å². The lowest BCUT2D eigenvalue weighted by atomic mass is 9.96. The average molecular weight is 421 g/mol. The Hall–Kier alpha value is -3.02. The minimum absolute atomic E-state index is 0.0791. The van der Waals surface area contributed by atoms with Gasteiger partial charge in [-0.15, -0.1) is 0 Å². The first-order valence-corrected chi connectivity index (χ1v) is 11.3. The van der Waals surface area contributed by atoms with E-state index in [1.807, 2.05) is 42.5 Å². The van der Waals surface area contributed by atoms with Crippen LogP contribution in [0, 0.1) is 0 Å². The first-order valence-electron chi connectivity index (χ1n) is 11.3. The topological polar surface area (TPSA) is 67.9 Å². The lowest BCUT2D eigenvalue weighted by Crippen LogP contribution is -2.43. The average Bonchev–Trinajstić information content (AvgIpc) is 3.33. The molecule has 2 aromatic rings. The van der Waals surface area contributed by atoms with Crippen molar-refractivity contribution in [3.8, 4) is 11.5 Å². The van der Waals surface area contributed by atoms with Crippen LogP contribution in [0.5, 0.6) is 11.5 Å². The fourth-order valence-electron chi connectivity index (χ4n) is 4.93. The molecule has 2 heterocycles. The van der Waals surface area contributed by atoms with Crippen LogP contribution in [0.2, 0.25) is 0 Å². The molecule has 1 N–H and O–H groups in total. The second-order valence-corrected chi connectivity index (χ2v) is 8.66. The first-order chi connectivity index (χ1) is 15.2. The Kier molecular flexibility index (Phi) is 5.53. The maximum atomic E-state index is 13.5. The molecule has 3 aliphatic rings. The van der Waals surface area contributed by atoms with Crippen LogP contribution >= 0.6 is 0 Å². The van der Waals surface area contributed by atoms with Crippen LogP contribution in [0.25, 0.3) is 0 Å². The SMILES string of the molecule is O=C(NC1CCCCCCC1)C1c2ccccc2C(=O)N1Cc1ccc2c(c1)OCO2. The largest absolute Gasteiger partial charge is 0.454 e. The number of nitrogens with one attached hydrogen (secondary N) is 1. The molecule has 1 aliphatic carbocycles. The van der Waals surface area contributed by atoms with Crippen LogP contribution in [0.15, 0.2) is 42.5 Å². The van der Waals surface area contributed by atoms with Crippen molar-refractivity contribution in [2.75, 3.05) is 6.79 Å². The smallest absolute Gasteiger partial charge is 0.255 e. The Bertz CT molecular complexity index is 981. The van der Waals surface area contributed by atoms with Crippen molar-refractivity contribution in [3.05, 3.63) is 59.2 Å². The highest BCUT2D eigenvalue weighted by molar-refractivity contribution is 6.04. The van der Waals surface area contributed by atoms with Gasteiger partial charge in [-0.3, -0.25) is 9.59 Å². The molecule has 0 radical (unpaired) electrons. The molecule has 6 nitrogen and oxygen atoms in total. The van der Waals surface area contributed by atoms with Crippen molar-refractivity contribution >= 4 is 11.8 Å². The summed E-state index contributed by atoms with van der Waals surface area (Å²) >= 11 is 0. The van der Waals surface area contributed by atoms with Gasteiger partial charge in [0, 0.05) is 18.2 Å². The van der Waals surface area contributed by atoms with Gasteiger partial charge in [-0.2, -0.15) is 0 Å². The van der Waals surface area contributed by atoms with Crippen LogP contribution < -0.4 is 14.8 Å². The van der Waals surface area contributed by atoms with Crippen LogP contribution in [-0.2, 0) is 11.3 Å². The summed E-state index contributed by atoms with van der Waals surface area (Å²) in [6.07, 6.45) is 8.06. The lowest BCUT2D eigenvalue weighted by Gasteiger charge is -2.28. The summed E-state index contributed by atoms with van der Waals surface area (Å²) in [7, 11) is 0. The highest BCUT2D eigenvalue weighted by atomic mass is 16.7. The Morgan fingerprint density at radius 3 is 2.55 bits per heavy atom. The zero-order valence-corrected chi connectivity index (χ0v) is 17.6. The van der Waals surface area contributed by atoms with E-state index in [2.05, 4.69) is 5.32 Å². The molecule has 2 amide bonds. The maximum absolute atomic E-state index is 13.5. The summed E-state index contributed by atoms with van der Waals surface area (Å²) in [6.45, 7) is 0.548. The molecule has 6 heteroatoms. The van der Waals surface area contributed by atoms with E-state index in [1.54, 1.807) is 4.90 Å². The molecule has 1 saturated carbocycles. The van der Waals surface area contributed by atoms with Crippen LogP contribution in [0.3, 0.4) is 0 Å². The molecule has 0 bridgehead atoms. The third-order valence-corrected chi connectivity index (χ3v) is 6.55. The first kappa shape index (κ1) is 19.9. The third kappa shape index (κ3) is 3.99. The summed E-state index contributed by atoms with van der Waals surface area (Å²) in [6, 6.07) is 12.7. The zero-order chi connectivity index (χ0) is 21.2. The van der Waals surface area contributed by atoms with Gasteiger partial charge >= 0.3 is 0 Å². The Morgan fingerprint density at radius 2 is 1.71 bits per heavy atom. The van der Waals surface area contributed by atoms with Gasteiger partial charge in [0.1, 0.15) is 6.04 Å². The Morgan fingerprint density at radius 1 is 0.968 bits per heavy atom. The van der Waals surface area contributed by atoms with Crippen LogP contribution in [0.1, 0.15) is 72.5 Å². The van der Waals surface area contributed by atoms with Crippen molar-refractivity contribution in [1.29, 1.82) is 0 Å². The molecule has 31 heavy (non-hydrogen) atoms. The molecular formula is C25H28N2O4. The van der Waals surface area contributed by atoms with Gasteiger partial charge in [0.25, 0.3) is 5.91 Å². The zero-order valence-electron chi connectivity index (χ0n) is 17.6. The summed E-state index contributed by atoms with van der Waals surface area (Å²) in [4.78, 5) is 28.4. The molecule has 1 fully saturated rings. The molecule has 1 atom stereocenters. The number of amides is 2. The minimum atomic E-state index is -0.612. The highest BCUT2D eigenvalue weighted by Crippen LogP contribution is 2.37. The fraction of sp³-hybridized carbons (Fsp3) is 0.440. The molecule has 2 aliphatic heterocycles. The normalized spacial score (nSPS) is 20.8. The number of nitrogens with zero attached hydrogens (tertiary/aromatic N) is 1. The van der Waals surface area contributed by atoms with E-state index in [9.17, 15) is 9.59 Å². The van der Waals surface area contributed by atoms with E-state index in [1.165, 1.54) is 19.3 Å². The second-order valence-electron chi connectivity index (χ2n) is 8.66. The maximum Gasteiger partial charge on any atom is 0.255 e. The molecular weight excluding hydrogens is 392 g/mol. The van der Waals surface area contributed by atoms with E-state index in [0.717, 1.165) is 36.8 Å². The summed E-state index contributed by atoms with van der Waals surface area (Å²) < 4.78 is 10.9. The number of carbonyl (C=O) groups is 2. The molecule has 0 aromatic heterocycles. The van der Waals surface area contributed by atoms with Crippen molar-refractivity contribution in [2.24, 2.45) is 0 Å². The van der Waals surface area contributed by atoms with Crippen molar-refractivity contribution in [1.82, 2.24) is 10.2 Å². The van der Waals surface area contributed by atoms with Gasteiger partial charge in [-0.05, 0) is 42.2 Å². The van der Waals surface area contributed by atoms with E-state index >= 15 is 0 Å². The number of hydrogen-bond donors (Lipinski definition) is 1. The van der Waals surface area contributed by atoms with Crippen molar-refractivity contribution in [3.63, 3.8) is 0 Å². The fourth-order valence-corrected chi connectivity index (χ4v) is 4.93. The number of fused-ring (bicyclic) bond motifs is 2. The Labute approximate surface area is 182 Å². The van der Waals surface area contributed by atoms with Gasteiger partial charge in [0.2, 0.25) is 12.7 Å². The van der Waals surface area contributed by atoms with E-state index in [-0.39, 0.29) is 24.6 Å². The highest BCUT2D eigenvalue weighted by Gasteiger charge is 2.41. The minimum Gasteiger partial charge on any atom is -0.454 e. The van der Waals surface area contributed by atoms with E-state index in [0.29, 0.717) is 23.6 Å². The predicted molar refractivity (Wildman–Crippen MR) is 116 cm³/mol. The monoisotopic (exact) mass is 420 g/mol. The van der Waals surface area contributed by atoms with Crippen molar-refractivity contribution < 1.29 is 19.1 Å². The molecule has 0 saturated heterocycles. The quantitative estimate of drug-likeness (QED) is 0.799. The molecule has 2 aromatic carbocycles. The van der Waals surface area contributed by atoms with Crippen LogP contribution in [-0.4, -0.2) is 29.5 Å².